The number of aromatic nitrogens is 4. The minimum absolute atomic E-state index is 0.0276. The van der Waals surface area contributed by atoms with Crippen LogP contribution in [0.1, 0.15) is 52.7 Å². The van der Waals surface area contributed by atoms with Gasteiger partial charge in [-0.25, -0.2) is 4.98 Å². The molecule has 3 aromatic heterocycles. The van der Waals surface area contributed by atoms with Crippen LogP contribution < -0.4 is 9.47 Å². The lowest BCUT2D eigenvalue weighted by atomic mass is 9.85. The molecule has 8 aromatic carbocycles. The summed E-state index contributed by atoms with van der Waals surface area (Å²) in [4.78, 5) is 15.7. The van der Waals surface area contributed by atoms with Crippen molar-refractivity contribution in [3.05, 3.63) is 193 Å². The number of hydrogen-bond donors (Lipinski definition) is 0. The van der Waals surface area contributed by atoms with Gasteiger partial charge in [0.2, 0.25) is 5.95 Å². The normalized spacial score (nSPS) is 14.4. The highest BCUT2D eigenvalue weighted by Gasteiger charge is 2.46. The summed E-state index contributed by atoms with van der Waals surface area (Å²) in [6.07, 6.45) is 0. The van der Waals surface area contributed by atoms with Crippen molar-refractivity contribution in [2.45, 2.75) is 72.0 Å². The van der Waals surface area contributed by atoms with Gasteiger partial charge in [0.1, 0.15) is 28.8 Å². The first-order valence-electron chi connectivity index (χ1n) is 23.0. The number of fused-ring (bicyclic) bond motifs is 14. The maximum atomic E-state index is 7.04. The van der Waals surface area contributed by atoms with E-state index in [2.05, 4.69) is 233 Å². The Morgan fingerprint density at radius 3 is 1.36 bits per heavy atom. The molecule has 5 heterocycles. The molecule has 0 fully saturated rings. The Bertz CT molecular complexity index is 3680. The number of rotatable bonds is 3. The van der Waals surface area contributed by atoms with Crippen LogP contribution in [0.5, 0.6) is 23.0 Å². The van der Waals surface area contributed by atoms with E-state index >= 15 is 0 Å². The van der Waals surface area contributed by atoms with Gasteiger partial charge in [-0.15, -0.1) is 10.0 Å². The predicted molar refractivity (Wildman–Crippen MR) is 274 cm³/mol. The maximum absolute atomic E-state index is 7.04. The summed E-state index contributed by atoms with van der Waals surface area (Å²) in [7, 11) is -2.04. The highest BCUT2D eigenvalue weighted by atomic mass is 32.3. The van der Waals surface area contributed by atoms with Gasteiger partial charge in [0.15, 0.2) is 0 Å². The van der Waals surface area contributed by atoms with Gasteiger partial charge >= 0.3 is 0 Å². The van der Waals surface area contributed by atoms with E-state index in [4.69, 9.17) is 19.4 Å². The van der Waals surface area contributed by atoms with E-state index in [-0.39, 0.29) is 10.8 Å². The molecule has 0 atom stereocenters. The fraction of sp³-hybridized carbons (Fsp3) is 0.133. The van der Waals surface area contributed by atoms with E-state index in [0.29, 0.717) is 5.95 Å². The fourth-order valence-corrected chi connectivity index (χ4v) is 14.6. The zero-order valence-corrected chi connectivity index (χ0v) is 39.2. The molecule has 7 heteroatoms. The maximum Gasteiger partial charge on any atom is 0.237 e. The third-order valence-corrected chi connectivity index (χ3v) is 17.7. The van der Waals surface area contributed by atoms with E-state index < -0.39 is 10.0 Å². The molecule has 13 rings (SSSR count). The Balaban J connectivity index is 1.10. The Hall–Kier alpha value is -7.61. The lowest BCUT2D eigenvalue weighted by Crippen LogP contribution is -2.16. The average Bonchev–Trinajstić information content (AvgIpc) is 3.85. The monoisotopic (exact) mass is 888 g/mol. The van der Waals surface area contributed by atoms with E-state index in [1.165, 1.54) is 21.9 Å². The minimum atomic E-state index is -2.04. The van der Waals surface area contributed by atoms with Gasteiger partial charge in [0.05, 0.1) is 27.8 Å². The van der Waals surface area contributed by atoms with Crippen molar-refractivity contribution in [2.75, 3.05) is 0 Å². The average molecular weight is 889 g/mol. The van der Waals surface area contributed by atoms with Gasteiger partial charge < -0.3 is 9.47 Å². The van der Waals surface area contributed by atoms with E-state index in [1.807, 2.05) is 0 Å². The zero-order chi connectivity index (χ0) is 45.4. The summed E-state index contributed by atoms with van der Waals surface area (Å²) >= 11 is 0. The smallest absolute Gasteiger partial charge is 0.237 e. The topological polar surface area (TPSA) is 54.1 Å². The SMILES string of the molecule is CC(C)(C)c1ccc2c(c1)c1cc(C(C)(C)C)ccc1n2-c1cc(-c2ccc3c(c2)Oc2ccccc2S32c3ccccc3Oc3ccccc32)nc(-n2c3ccccc3c3ccccc32)n1. The van der Waals surface area contributed by atoms with Crippen LogP contribution in [0.3, 0.4) is 0 Å². The summed E-state index contributed by atoms with van der Waals surface area (Å²) in [6, 6.07) is 65.4. The zero-order valence-electron chi connectivity index (χ0n) is 38.3. The van der Waals surface area contributed by atoms with Crippen LogP contribution in [0.4, 0.5) is 0 Å². The Labute approximate surface area is 391 Å². The van der Waals surface area contributed by atoms with Crippen LogP contribution in [-0.4, -0.2) is 19.1 Å². The first-order chi connectivity index (χ1) is 32.5. The summed E-state index contributed by atoms with van der Waals surface area (Å²) in [5.74, 6) is 4.77. The van der Waals surface area contributed by atoms with E-state index in [9.17, 15) is 0 Å². The van der Waals surface area contributed by atoms with Gasteiger partial charge in [-0.3, -0.25) is 9.13 Å². The molecular weight excluding hydrogens is 841 g/mol. The Morgan fingerprint density at radius 1 is 0.388 bits per heavy atom. The van der Waals surface area contributed by atoms with Gasteiger partial charge in [-0.2, -0.15) is 4.98 Å². The molecule has 0 amide bonds. The second kappa shape index (κ2) is 14.2. The molecule has 0 saturated carbocycles. The largest absolute Gasteiger partial charge is 0.455 e. The van der Waals surface area contributed by atoms with Crippen molar-refractivity contribution in [1.29, 1.82) is 0 Å². The molecule has 2 aliphatic rings. The molecule has 0 bridgehead atoms. The molecular formula is C60H48N4O2S. The highest BCUT2D eigenvalue weighted by molar-refractivity contribution is 8.34. The summed E-state index contributed by atoms with van der Waals surface area (Å²) < 4.78 is 18.3. The van der Waals surface area contributed by atoms with Crippen LogP contribution in [-0.2, 0) is 10.8 Å². The standard InChI is InChI=1S/C60H48N4O2S/c1-59(2,3)38-28-30-47-42(34-38)43-35-39(60(4,5)6)29-31-48(43)63(47)57-36-44(61-58(62-57)64-45-19-9-7-17-40(45)41-18-8-10-20-46(41)64)37-27-32-56-52(33-37)66-51-23-13-16-26-55(51)67(56)53-24-14-11-21-49(53)65-50-22-12-15-25-54(50)67/h7-36H,1-6H3. The minimum Gasteiger partial charge on any atom is -0.455 e. The number of hydrogen-bond acceptors (Lipinski definition) is 4. The number of para-hydroxylation sites is 5. The van der Waals surface area contributed by atoms with Crippen molar-refractivity contribution in [3.63, 3.8) is 0 Å². The molecule has 11 aromatic rings. The van der Waals surface area contributed by atoms with Crippen molar-refractivity contribution < 1.29 is 9.47 Å². The number of ether oxygens (including phenoxy) is 2. The molecule has 1 spiro atoms. The third kappa shape index (κ3) is 5.83. The quantitative estimate of drug-likeness (QED) is 0.177. The first kappa shape index (κ1) is 39.7. The molecule has 67 heavy (non-hydrogen) atoms. The van der Waals surface area contributed by atoms with Crippen LogP contribution in [0.15, 0.2) is 202 Å². The molecule has 0 saturated heterocycles. The van der Waals surface area contributed by atoms with Gasteiger partial charge in [-0.1, -0.05) is 133 Å². The number of nitrogens with zero attached hydrogens (tertiary/aromatic N) is 4. The first-order valence-corrected chi connectivity index (χ1v) is 24.7. The molecule has 2 aliphatic heterocycles. The summed E-state index contributed by atoms with van der Waals surface area (Å²) in [6.45, 7) is 13.7. The third-order valence-electron chi connectivity index (χ3n) is 13.8. The van der Waals surface area contributed by atoms with Crippen molar-refractivity contribution in [2.24, 2.45) is 0 Å². The van der Waals surface area contributed by atoms with Crippen LogP contribution >= 0.6 is 10.0 Å². The molecule has 0 unspecified atom stereocenters. The lowest BCUT2D eigenvalue weighted by molar-refractivity contribution is 0.440. The van der Waals surface area contributed by atoms with Crippen molar-refractivity contribution >= 4 is 53.6 Å². The van der Waals surface area contributed by atoms with Crippen LogP contribution in [0.25, 0.3) is 66.6 Å². The van der Waals surface area contributed by atoms with E-state index in [0.717, 1.165) is 92.5 Å². The van der Waals surface area contributed by atoms with Crippen LogP contribution in [0, 0.1) is 0 Å². The van der Waals surface area contributed by atoms with Gasteiger partial charge in [-0.05, 0) is 107 Å². The number of benzene rings is 8. The molecule has 0 aliphatic carbocycles. The fourth-order valence-electron chi connectivity index (χ4n) is 10.4. The Morgan fingerprint density at radius 2 is 0.836 bits per heavy atom. The molecule has 0 N–H and O–H groups in total. The second-order valence-electron chi connectivity index (χ2n) is 19.9. The predicted octanol–water partition coefficient (Wildman–Crippen LogP) is 16.5. The van der Waals surface area contributed by atoms with Crippen LogP contribution in [0.2, 0.25) is 0 Å². The molecule has 0 radical (unpaired) electrons. The van der Waals surface area contributed by atoms with Crippen molar-refractivity contribution in [3.8, 4) is 46.0 Å². The van der Waals surface area contributed by atoms with Crippen molar-refractivity contribution in [1.82, 2.24) is 19.1 Å². The second-order valence-corrected chi connectivity index (χ2v) is 22.9. The molecule has 6 nitrogen and oxygen atoms in total. The lowest BCUT2D eigenvalue weighted by Gasteiger charge is -2.48. The van der Waals surface area contributed by atoms with Gasteiger partial charge in [0.25, 0.3) is 0 Å². The van der Waals surface area contributed by atoms with Gasteiger partial charge in [0, 0.05) is 52.8 Å². The summed E-state index contributed by atoms with van der Waals surface area (Å²) in [5.41, 5.74) is 8.53. The van der Waals surface area contributed by atoms with E-state index in [1.54, 1.807) is 0 Å². The Kier molecular flexibility index (Phi) is 8.42. The summed E-state index contributed by atoms with van der Waals surface area (Å²) in [5, 5.41) is 4.72. The highest BCUT2D eigenvalue weighted by Crippen LogP contribution is 2.83. The molecule has 326 valence electrons.